The Morgan fingerprint density at radius 1 is 1.41 bits per heavy atom. The predicted molar refractivity (Wildman–Crippen MR) is 70.6 cm³/mol. The van der Waals surface area contributed by atoms with Crippen LogP contribution >= 0.6 is 0 Å². The quantitative estimate of drug-likeness (QED) is 0.758. The lowest BCUT2D eigenvalue weighted by atomic mass is 9.98. The minimum atomic E-state index is -4.97. The molecule has 0 unspecified atom stereocenters. The topological polar surface area (TPSA) is 64.4 Å². The van der Waals surface area contributed by atoms with Crippen LogP contribution < -0.4 is 15.8 Å². The van der Waals surface area contributed by atoms with Crippen LogP contribution in [0.1, 0.15) is 24.3 Å². The molecule has 0 saturated heterocycles. The van der Waals surface area contributed by atoms with Crippen LogP contribution in [0, 0.1) is 11.7 Å². The summed E-state index contributed by atoms with van der Waals surface area (Å²) >= 11 is 0. The molecule has 2 rings (SSSR count). The number of amides is 1. The average molecular weight is 320 g/mol. The lowest BCUT2D eigenvalue weighted by Crippen LogP contribution is -2.32. The molecule has 8 heteroatoms. The van der Waals surface area contributed by atoms with E-state index in [0.29, 0.717) is 5.92 Å². The summed E-state index contributed by atoms with van der Waals surface area (Å²) in [6, 6.07) is 2.89. The second-order valence-electron chi connectivity index (χ2n) is 5.29. The highest BCUT2D eigenvalue weighted by molar-refractivity contribution is 5.82. The predicted octanol–water partition coefficient (Wildman–Crippen LogP) is 2.29. The van der Waals surface area contributed by atoms with Gasteiger partial charge in [-0.1, -0.05) is 6.07 Å². The fourth-order valence-corrected chi connectivity index (χ4v) is 2.08. The molecular weight excluding hydrogens is 304 g/mol. The van der Waals surface area contributed by atoms with Gasteiger partial charge in [0.2, 0.25) is 5.91 Å². The van der Waals surface area contributed by atoms with E-state index < -0.39 is 29.8 Å². The summed E-state index contributed by atoms with van der Waals surface area (Å²) in [6.07, 6.45) is -2.71. The summed E-state index contributed by atoms with van der Waals surface area (Å²) in [5, 5.41) is 3.07. The van der Waals surface area contributed by atoms with Gasteiger partial charge in [-0.05, 0) is 43.0 Å². The number of carbonyl (C=O) groups excluding carboxylic acids is 1. The maximum absolute atomic E-state index is 13.7. The first kappa shape index (κ1) is 16.5. The zero-order valence-corrected chi connectivity index (χ0v) is 11.6. The largest absolute Gasteiger partial charge is 0.573 e. The molecular formula is C14H16F4N2O2. The fourth-order valence-electron chi connectivity index (χ4n) is 2.08. The van der Waals surface area contributed by atoms with Crippen LogP contribution in [0.2, 0.25) is 0 Å². The summed E-state index contributed by atoms with van der Waals surface area (Å²) in [7, 11) is 0. The van der Waals surface area contributed by atoms with Crippen LogP contribution in [-0.4, -0.2) is 25.4 Å². The molecule has 1 amide bonds. The third kappa shape index (κ3) is 4.87. The number of ether oxygens (including phenoxy) is 1. The lowest BCUT2D eigenvalue weighted by molar-refractivity contribution is -0.275. The molecule has 1 saturated carbocycles. The van der Waals surface area contributed by atoms with E-state index >= 15 is 0 Å². The van der Waals surface area contributed by atoms with Crippen LogP contribution in [0.4, 0.5) is 17.6 Å². The first-order valence-electron chi connectivity index (χ1n) is 6.81. The summed E-state index contributed by atoms with van der Waals surface area (Å²) in [5.41, 5.74) is 5.49. The second-order valence-corrected chi connectivity index (χ2v) is 5.29. The zero-order valence-electron chi connectivity index (χ0n) is 11.6. The van der Waals surface area contributed by atoms with Crippen molar-refractivity contribution in [1.82, 2.24) is 5.32 Å². The van der Waals surface area contributed by atoms with Gasteiger partial charge >= 0.3 is 6.36 Å². The maximum Gasteiger partial charge on any atom is 0.573 e. The van der Waals surface area contributed by atoms with E-state index in [9.17, 15) is 22.4 Å². The van der Waals surface area contributed by atoms with E-state index in [4.69, 9.17) is 5.73 Å². The Morgan fingerprint density at radius 2 is 2.09 bits per heavy atom. The number of carbonyl (C=O) groups is 1. The standard InChI is InChI=1S/C14H16F4N2O2/c15-11-5-9(3-4-12(11)22-14(16,17)18)10(13(19)21)7-20-6-8-1-2-8/h3-5,8,10,20H,1-2,6-7H2,(H2,19,21)/t10-/m1/s1. The molecule has 1 aliphatic rings. The lowest BCUT2D eigenvalue weighted by Gasteiger charge is -2.16. The Morgan fingerprint density at radius 3 is 2.59 bits per heavy atom. The normalized spacial score (nSPS) is 16.4. The summed E-state index contributed by atoms with van der Waals surface area (Å²) in [5.74, 6) is -3.03. The monoisotopic (exact) mass is 320 g/mol. The van der Waals surface area contributed by atoms with Crippen LogP contribution in [-0.2, 0) is 4.79 Å². The molecule has 4 nitrogen and oxygen atoms in total. The number of halogens is 4. The van der Waals surface area contributed by atoms with E-state index in [0.717, 1.165) is 31.5 Å². The summed E-state index contributed by atoms with van der Waals surface area (Å²) in [6.45, 7) is 0.951. The highest BCUT2D eigenvalue weighted by Crippen LogP contribution is 2.29. The number of hydrogen-bond acceptors (Lipinski definition) is 3. The van der Waals surface area contributed by atoms with E-state index in [-0.39, 0.29) is 12.1 Å². The van der Waals surface area contributed by atoms with Crippen molar-refractivity contribution in [3.63, 3.8) is 0 Å². The van der Waals surface area contributed by atoms with Crippen molar-refractivity contribution in [2.75, 3.05) is 13.1 Å². The van der Waals surface area contributed by atoms with Gasteiger partial charge in [-0.15, -0.1) is 13.2 Å². The molecule has 0 heterocycles. The number of primary amides is 1. The van der Waals surface area contributed by atoms with Gasteiger partial charge in [-0.25, -0.2) is 4.39 Å². The average Bonchev–Trinajstić information content (AvgIpc) is 3.19. The van der Waals surface area contributed by atoms with Crippen LogP contribution in [0.25, 0.3) is 0 Å². The Balaban J connectivity index is 2.06. The Bertz CT molecular complexity index is 544. The van der Waals surface area contributed by atoms with Crippen molar-refractivity contribution in [2.24, 2.45) is 11.7 Å². The first-order valence-corrected chi connectivity index (χ1v) is 6.81. The SMILES string of the molecule is NC(=O)[C@H](CNCC1CC1)c1ccc(OC(F)(F)F)c(F)c1. The second kappa shape index (κ2) is 6.51. The van der Waals surface area contributed by atoms with Gasteiger partial charge in [0.05, 0.1) is 5.92 Å². The first-order chi connectivity index (χ1) is 10.3. The van der Waals surface area contributed by atoms with Gasteiger partial charge in [-0.2, -0.15) is 0 Å². The minimum Gasteiger partial charge on any atom is -0.403 e. The van der Waals surface area contributed by atoms with Gasteiger partial charge in [0.25, 0.3) is 0 Å². The molecule has 0 spiro atoms. The van der Waals surface area contributed by atoms with Crippen molar-refractivity contribution in [3.8, 4) is 5.75 Å². The molecule has 0 radical (unpaired) electrons. The van der Waals surface area contributed by atoms with Crippen molar-refractivity contribution in [1.29, 1.82) is 0 Å². The Labute approximate surface area is 124 Å². The Kier molecular flexibility index (Phi) is 4.90. The van der Waals surface area contributed by atoms with E-state index in [2.05, 4.69) is 10.1 Å². The maximum atomic E-state index is 13.7. The van der Waals surface area contributed by atoms with Gasteiger partial charge in [-0.3, -0.25) is 4.79 Å². The Hall–Kier alpha value is -1.83. The highest BCUT2D eigenvalue weighted by atomic mass is 19.4. The van der Waals surface area contributed by atoms with Gasteiger partial charge < -0.3 is 15.8 Å². The molecule has 1 aromatic rings. The number of nitrogens with two attached hydrogens (primary N) is 1. The molecule has 0 aliphatic heterocycles. The van der Waals surface area contributed by atoms with E-state index in [1.165, 1.54) is 6.07 Å². The van der Waals surface area contributed by atoms with Crippen molar-refractivity contribution < 1.29 is 27.1 Å². The fraction of sp³-hybridized carbons (Fsp3) is 0.500. The third-order valence-corrected chi connectivity index (χ3v) is 3.41. The molecule has 0 aromatic heterocycles. The van der Waals surface area contributed by atoms with Gasteiger partial charge in [0.1, 0.15) is 0 Å². The molecule has 1 fully saturated rings. The summed E-state index contributed by atoms with van der Waals surface area (Å²) < 4.78 is 53.5. The number of benzene rings is 1. The molecule has 1 aliphatic carbocycles. The molecule has 0 bridgehead atoms. The van der Waals surface area contributed by atoms with E-state index in [1.807, 2.05) is 0 Å². The minimum absolute atomic E-state index is 0.211. The number of alkyl halides is 3. The van der Waals surface area contributed by atoms with Crippen LogP contribution in [0.15, 0.2) is 18.2 Å². The van der Waals surface area contributed by atoms with Crippen molar-refractivity contribution in [2.45, 2.75) is 25.1 Å². The van der Waals surface area contributed by atoms with Crippen LogP contribution in [0.5, 0.6) is 5.75 Å². The van der Waals surface area contributed by atoms with E-state index in [1.54, 1.807) is 0 Å². The van der Waals surface area contributed by atoms with Crippen molar-refractivity contribution in [3.05, 3.63) is 29.6 Å². The number of rotatable bonds is 7. The molecule has 22 heavy (non-hydrogen) atoms. The molecule has 122 valence electrons. The highest BCUT2D eigenvalue weighted by Gasteiger charge is 2.32. The van der Waals surface area contributed by atoms with Gasteiger partial charge in [0.15, 0.2) is 11.6 Å². The van der Waals surface area contributed by atoms with Crippen molar-refractivity contribution >= 4 is 5.91 Å². The van der Waals surface area contributed by atoms with Crippen LogP contribution in [0.3, 0.4) is 0 Å². The summed E-state index contributed by atoms with van der Waals surface area (Å²) in [4.78, 5) is 11.5. The smallest absolute Gasteiger partial charge is 0.403 e. The number of nitrogens with one attached hydrogen (secondary N) is 1. The molecule has 1 aromatic carbocycles. The molecule has 3 N–H and O–H groups in total. The third-order valence-electron chi connectivity index (χ3n) is 3.41. The zero-order chi connectivity index (χ0) is 16.3. The van der Waals surface area contributed by atoms with Gasteiger partial charge in [0, 0.05) is 6.54 Å². The molecule has 1 atom stereocenters. The number of hydrogen-bond donors (Lipinski definition) is 2.